The second kappa shape index (κ2) is 7.34. The van der Waals surface area contributed by atoms with Gasteiger partial charge < -0.3 is 14.5 Å². The lowest BCUT2D eigenvalue weighted by atomic mass is 10.1. The summed E-state index contributed by atoms with van der Waals surface area (Å²) in [5, 5.41) is 4.37. The van der Waals surface area contributed by atoms with Crippen LogP contribution in [0.3, 0.4) is 0 Å². The van der Waals surface area contributed by atoms with Crippen molar-refractivity contribution in [2.45, 2.75) is 39.3 Å². The number of fused-ring (bicyclic) bond motifs is 1. The fraction of sp³-hybridized carbons (Fsp3) is 0.706. The van der Waals surface area contributed by atoms with Gasteiger partial charge in [-0.1, -0.05) is 13.8 Å². The summed E-state index contributed by atoms with van der Waals surface area (Å²) < 4.78 is 7.22. The molecule has 0 radical (unpaired) electrons. The van der Waals surface area contributed by atoms with Crippen LogP contribution in [0.25, 0.3) is 0 Å². The van der Waals surface area contributed by atoms with Crippen LogP contribution in [0.15, 0.2) is 12.3 Å². The van der Waals surface area contributed by atoms with Crippen LogP contribution in [0, 0.1) is 5.92 Å². The van der Waals surface area contributed by atoms with Gasteiger partial charge in [0.15, 0.2) is 0 Å². The van der Waals surface area contributed by atoms with E-state index >= 15 is 0 Å². The number of morpholine rings is 1. The Morgan fingerprint density at radius 1 is 1.25 bits per heavy atom. The van der Waals surface area contributed by atoms with Gasteiger partial charge >= 0.3 is 0 Å². The number of nitrogens with zero attached hydrogens (tertiary/aromatic N) is 4. The number of rotatable bonds is 4. The van der Waals surface area contributed by atoms with Crippen LogP contribution >= 0.6 is 0 Å². The van der Waals surface area contributed by atoms with Crippen molar-refractivity contribution in [2.75, 3.05) is 32.8 Å². The Hall–Kier alpha value is -1.89. The summed E-state index contributed by atoms with van der Waals surface area (Å²) in [7, 11) is 0. The van der Waals surface area contributed by atoms with E-state index in [0.29, 0.717) is 58.2 Å². The molecule has 2 amide bonds. The highest BCUT2D eigenvalue weighted by molar-refractivity contribution is 5.78. The van der Waals surface area contributed by atoms with Crippen LogP contribution in [0.1, 0.15) is 38.4 Å². The smallest absolute Gasteiger partial charge is 0.224 e. The third-order valence-corrected chi connectivity index (χ3v) is 4.59. The van der Waals surface area contributed by atoms with Gasteiger partial charge in [0.1, 0.15) is 0 Å². The van der Waals surface area contributed by atoms with E-state index in [1.54, 1.807) is 6.20 Å². The summed E-state index contributed by atoms with van der Waals surface area (Å²) in [5.74, 6) is 0.599. The van der Waals surface area contributed by atoms with E-state index < -0.39 is 0 Å². The van der Waals surface area contributed by atoms with Gasteiger partial charge in [0.2, 0.25) is 11.8 Å². The molecular weight excluding hydrogens is 308 g/mol. The summed E-state index contributed by atoms with van der Waals surface area (Å²) in [4.78, 5) is 28.8. The van der Waals surface area contributed by atoms with E-state index in [9.17, 15) is 9.59 Å². The van der Waals surface area contributed by atoms with Crippen LogP contribution in [0.5, 0.6) is 0 Å². The normalized spacial score (nSPS) is 21.0. The van der Waals surface area contributed by atoms with Crippen molar-refractivity contribution in [3.05, 3.63) is 18.0 Å². The molecule has 3 rings (SSSR count). The minimum Gasteiger partial charge on any atom is -0.378 e. The molecule has 0 spiro atoms. The molecule has 2 aliphatic heterocycles. The molecule has 1 aromatic heterocycles. The third kappa shape index (κ3) is 3.77. The maximum atomic E-state index is 12.6. The van der Waals surface area contributed by atoms with Gasteiger partial charge in [-0.25, -0.2) is 0 Å². The molecule has 132 valence electrons. The Bertz CT molecular complexity index is 592. The van der Waals surface area contributed by atoms with Gasteiger partial charge in [0, 0.05) is 32.3 Å². The predicted molar refractivity (Wildman–Crippen MR) is 88.2 cm³/mol. The molecule has 7 heteroatoms. The van der Waals surface area contributed by atoms with E-state index in [2.05, 4.69) is 5.10 Å². The standard InChI is InChI=1S/C17H26N4O3/c1-13(2)9-16(22)20-11-14-3-4-18-21(14)15(12-20)10-17(23)19-5-7-24-8-6-19/h3-4,13,15H,5-12H2,1-2H3. The highest BCUT2D eigenvalue weighted by Gasteiger charge is 2.31. The van der Waals surface area contributed by atoms with E-state index in [4.69, 9.17) is 4.74 Å². The molecule has 1 unspecified atom stereocenters. The Morgan fingerprint density at radius 2 is 2.00 bits per heavy atom. The zero-order valence-electron chi connectivity index (χ0n) is 14.5. The Morgan fingerprint density at radius 3 is 2.71 bits per heavy atom. The monoisotopic (exact) mass is 334 g/mol. The Labute approximate surface area is 142 Å². The molecule has 24 heavy (non-hydrogen) atoms. The highest BCUT2D eigenvalue weighted by atomic mass is 16.5. The number of carbonyl (C=O) groups excluding carboxylic acids is 2. The number of hydrogen-bond acceptors (Lipinski definition) is 4. The van der Waals surface area contributed by atoms with Crippen LogP contribution in [0.2, 0.25) is 0 Å². The van der Waals surface area contributed by atoms with Crippen molar-refractivity contribution in [1.82, 2.24) is 19.6 Å². The summed E-state index contributed by atoms with van der Waals surface area (Å²) in [6.45, 7) is 7.72. The second-order valence-electron chi connectivity index (χ2n) is 6.99. The van der Waals surface area contributed by atoms with Crippen LogP contribution in [-0.4, -0.2) is 64.2 Å². The number of amides is 2. The fourth-order valence-electron chi connectivity index (χ4n) is 3.35. The topological polar surface area (TPSA) is 67.7 Å². The Balaban J connectivity index is 1.69. The first kappa shape index (κ1) is 17.0. The second-order valence-corrected chi connectivity index (χ2v) is 6.99. The molecule has 0 aromatic carbocycles. The summed E-state index contributed by atoms with van der Waals surface area (Å²) in [6, 6.07) is 1.84. The average Bonchev–Trinajstić information content (AvgIpc) is 3.03. The van der Waals surface area contributed by atoms with Crippen LogP contribution < -0.4 is 0 Å². The SMILES string of the molecule is CC(C)CC(=O)N1Cc2ccnn2C(CC(=O)N2CCOCC2)C1. The predicted octanol–water partition coefficient (Wildman–Crippen LogP) is 1.06. The summed E-state index contributed by atoms with van der Waals surface area (Å²) in [6.07, 6.45) is 2.66. The molecule has 1 aromatic rings. The minimum atomic E-state index is -0.0878. The molecule has 2 aliphatic rings. The van der Waals surface area contributed by atoms with Gasteiger partial charge in [-0.05, 0) is 12.0 Å². The van der Waals surface area contributed by atoms with Crippen molar-refractivity contribution < 1.29 is 14.3 Å². The zero-order valence-corrected chi connectivity index (χ0v) is 14.5. The Kier molecular flexibility index (Phi) is 5.18. The largest absolute Gasteiger partial charge is 0.378 e. The molecule has 0 saturated carbocycles. The average molecular weight is 334 g/mol. The number of carbonyl (C=O) groups is 2. The highest BCUT2D eigenvalue weighted by Crippen LogP contribution is 2.25. The third-order valence-electron chi connectivity index (χ3n) is 4.59. The number of ether oxygens (including phenoxy) is 1. The maximum absolute atomic E-state index is 12.6. The van der Waals surface area contributed by atoms with Crippen LogP contribution in [0.4, 0.5) is 0 Å². The first-order chi connectivity index (χ1) is 11.5. The molecule has 1 fully saturated rings. The van der Waals surface area contributed by atoms with Gasteiger partial charge in [0.25, 0.3) is 0 Å². The summed E-state index contributed by atoms with van der Waals surface area (Å²) in [5.41, 5.74) is 0.998. The van der Waals surface area contributed by atoms with Gasteiger partial charge in [0.05, 0.1) is 37.9 Å². The first-order valence-corrected chi connectivity index (χ1v) is 8.70. The van der Waals surface area contributed by atoms with Gasteiger partial charge in [-0.2, -0.15) is 5.10 Å². The number of hydrogen-bond donors (Lipinski definition) is 0. The lowest BCUT2D eigenvalue weighted by molar-refractivity contribution is -0.139. The van der Waals surface area contributed by atoms with Gasteiger partial charge in [-0.3, -0.25) is 14.3 Å². The molecule has 3 heterocycles. The molecule has 1 saturated heterocycles. The van der Waals surface area contributed by atoms with Crippen molar-refractivity contribution in [3.8, 4) is 0 Å². The molecular formula is C17H26N4O3. The molecule has 0 bridgehead atoms. The molecule has 7 nitrogen and oxygen atoms in total. The van der Waals surface area contributed by atoms with Crippen molar-refractivity contribution in [1.29, 1.82) is 0 Å². The van der Waals surface area contributed by atoms with Gasteiger partial charge in [-0.15, -0.1) is 0 Å². The summed E-state index contributed by atoms with van der Waals surface area (Å²) >= 11 is 0. The van der Waals surface area contributed by atoms with Crippen molar-refractivity contribution >= 4 is 11.8 Å². The fourth-order valence-corrected chi connectivity index (χ4v) is 3.35. The first-order valence-electron chi connectivity index (χ1n) is 8.70. The molecule has 1 atom stereocenters. The van der Waals surface area contributed by atoms with Crippen molar-refractivity contribution in [3.63, 3.8) is 0 Å². The van der Waals surface area contributed by atoms with E-state index in [1.165, 1.54) is 0 Å². The minimum absolute atomic E-state index is 0.0878. The van der Waals surface area contributed by atoms with E-state index in [0.717, 1.165) is 5.69 Å². The zero-order chi connectivity index (χ0) is 17.1. The molecule has 0 N–H and O–H groups in total. The number of aromatic nitrogens is 2. The quantitative estimate of drug-likeness (QED) is 0.826. The lowest BCUT2D eigenvalue weighted by Crippen LogP contribution is -2.45. The molecule has 0 aliphatic carbocycles. The lowest BCUT2D eigenvalue weighted by Gasteiger charge is -2.35. The van der Waals surface area contributed by atoms with E-state index in [-0.39, 0.29) is 17.9 Å². The van der Waals surface area contributed by atoms with Crippen LogP contribution in [-0.2, 0) is 20.9 Å². The van der Waals surface area contributed by atoms with Crippen molar-refractivity contribution in [2.24, 2.45) is 5.92 Å². The maximum Gasteiger partial charge on any atom is 0.224 e. The van der Waals surface area contributed by atoms with E-state index in [1.807, 2.05) is 34.4 Å².